The zero-order valence-electron chi connectivity index (χ0n) is 9.81. The van der Waals surface area contributed by atoms with Gasteiger partial charge in [-0.1, -0.05) is 11.6 Å². The second kappa shape index (κ2) is 6.63. The van der Waals surface area contributed by atoms with E-state index in [4.69, 9.17) is 11.6 Å². The van der Waals surface area contributed by atoms with Crippen molar-refractivity contribution < 1.29 is 13.2 Å². The molecule has 0 aliphatic carbocycles. The molecule has 18 heavy (non-hydrogen) atoms. The minimum atomic E-state index is -4.09. The van der Waals surface area contributed by atoms with Gasteiger partial charge in [0.2, 0.25) is 0 Å². The van der Waals surface area contributed by atoms with Crippen LogP contribution in [0.2, 0.25) is 5.15 Å². The van der Waals surface area contributed by atoms with Crippen molar-refractivity contribution in [2.45, 2.75) is 25.4 Å². The van der Waals surface area contributed by atoms with Crippen LogP contribution in [0.15, 0.2) is 6.33 Å². The van der Waals surface area contributed by atoms with Gasteiger partial charge >= 0.3 is 6.18 Å². The molecule has 0 aromatic carbocycles. The van der Waals surface area contributed by atoms with Crippen LogP contribution < -0.4 is 10.6 Å². The van der Waals surface area contributed by atoms with Crippen LogP contribution in [-0.4, -0.2) is 29.7 Å². The van der Waals surface area contributed by atoms with Crippen LogP contribution in [0.25, 0.3) is 0 Å². The third kappa shape index (κ3) is 4.95. The van der Waals surface area contributed by atoms with E-state index in [-0.39, 0.29) is 11.6 Å². The molecule has 0 fully saturated rings. The van der Waals surface area contributed by atoms with Crippen LogP contribution in [0.3, 0.4) is 0 Å². The monoisotopic (exact) mass is 282 g/mol. The van der Waals surface area contributed by atoms with Gasteiger partial charge in [0.15, 0.2) is 11.0 Å². The number of unbranched alkanes of at least 4 members (excludes halogenated alkanes) is 1. The van der Waals surface area contributed by atoms with E-state index < -0.39 is 12.6 Å². The fourth-order valence-corrected chi connectivity index (χ4v) is 1.60. The minimum Gasteiger partial charge on any atom is -0.383 e. The summed E-state index contributed by atoms with van der Waals surface area (Å²) in [6.45, 7) is 0.401. The highest BCUT2D eigenvalue weighted by Gasteiger charge is 2.25. The molecule has 0 aliphatic rings. The third-order valence-electron chi connectivity index (χ3n) is 2.23. The van der Waals surface area contributed by atoms with Crippen LogP contribution in [0.1, 0.15) is 19.3 Å². The Kier molecular flexibility index (Phi) is 5.46. The highest BCUT2D eigenvalue weighted by atomic mass is 35.5. The molecule has 0 bridgehead atoms. The summed E-state index contributed by atoms with van der Waals surface area (Å²) >= 11 is 5.83. The summed E-state index contributed by atoms with van der Waals surface area (Å²) in [6.07, 6.45) is -3.07. The summed E-state index contributed by atoms with van der Waals surface area (Å²) in [5.74, 6) is 0.490. The number of nitrogens with one attached hydrogen (secondary N) is 2. The first-order valence-corrected chi connectivity index (χ1v) is 5.80. The molecule has 0 aliphatic heterocycles. The van der Waals surface area contributed by atoms with Gasteiger partial charge in [0.25, 0.3) is 0 Å². The fourth-order valence-electron chi connectivity index (χ4n) is 1.38. The van der Waals surface area contributed by atoms with E-state index in [2.05, 4.69) is 20.6 Å². The molecule has 102 valence electrons. The van der Waals surface area contributed by atoms with Crippen LogP contribution >= 0.6 is 11.6 Å². The summed E-state index contributed by atoms with van der Waals surface area (Å²) in [5.41, 5.74) is 0.537. The van der Waals surface area contributed by atoms with E-state index in [0.717, 1.165) is 0 Å². The lowest BCUT2D eigenvalue weighted by molar-refractivity contribution is -0.135. The Bertz CT molecular complexity index is 384. The molecule has 0 atom stereocenters. The summed E-state index contributed by atoms with van der Waals surface area (Å²) in [4.78, 5) is 7.76. The molecule has 1 heterocycles. The van der Waals surface area contributed by atoms with Crippen LogP contribution in [0.5, 0.6) is 0 Å². The number of halogens is 4. The predicted octanol–water partition coefficient (Wildman–Crippen LogP) is 3.32. The molecular formula is C10H14ClF3N4. The molecule has 0 saturated heterocycles. The van der Waals surface area contributed by atoms with E-state index in [0.29, 0.717) is 24.5 Å². The second-order valence-electron chi connectivity index (χ2n) is 3.64. The van der Waals surface area contributed by atoms with Gasteiger partial charge in [-0.3, -0.25) is 0 Å². The fraction of sp³-hybridized carbons (Fsp3) is 0.600. The zero-order chi connectivity index (χ0) is 13.6. The standard InChI is InChI=1S/C10H14ClF3N4/c1-15-7-8(11)17-6-18-9(7)16-5-3-2-4-10(12,13)14/h6,15H,2-5H2,1H3,(H,16,17,18). The molecule has 0 spiro atoms. The van der Waals surface area contributed by atoms with Crippen LogP contribution in [-0.2, 0) is 0 Å². The lowest BCUT2D eigenvalue weighted by Crippen LogP contribution is -2.10. The first-order chi connectivity index (χ1) is 8.44. The Hall–Kier alpha value is -1.24. The summed E-state index contributed by atoms with van der Waals surface area (Å²) in [7, 11) is 1.67. The van der Waals surface area contributed by atoms with Crippen molar-refractivity contribution in [3.05, 3.63) is 11.5 Å². The topological polar surface area (TPSA) is 49.8 Å². The normalized spacial score (nSPS) is 11.4. The summed E-state index contributed by atoms with van der Waals surface area (Å²) in [6, 6.07) is 0. The maximum Gasteiger partial charge on any atom is 0.389 e. The highest BCUT2D eigenvalue weighted by Crippen LogP contribution is 2.25. The molecule has 8 heteroatoms. The van der Waals surface area contributed by atoms with E-state index in [1.165, 1.54) is 6.33 Å². The molecule has 1 rings (SSSR count). The van der Waals surface area contributed by atoms with E-state index >= 15 is 0 Å². The van der Waals surface area contributed by atoms with Gasteiger partial charge < -0.3 is 10.6 Å². The Morgan fingerprint density at radius 3 is 2.61 bits per heavy atom. The van der Waals surface area contributed by atoms with Gasteiger partial charge in [0.05, 0.1) is 0 Å². The quantitative estimate of drug-likeness (QED) is 0.621. The van der Waals surface area contributed by atoms with E-state index in [9.17, 15) is 13.2 Å². The maximum absolute atomic E-state index is 11.9. The first-order valence-electron chi connectivity index (χ1n) is 5.43. The lowest BCUT2D eigenvalue weighted by atomic mass is 10.2. The first kappa shape index (κ1) is 14.8. The largest absolute Gasteiger partial charge is 0.389 e. The van der Waals surface area contributed by atoms with E-state index in [1.807, 2.05) is 0 Å². The number of rotatable bonds is 6. The SMILES string of the molecule is CNc1c(Cl)ncnc1NCCCCC(F)(F)F. The smallest absolute Gasteiger partial charge is 0.383 e. The van der Waals surface area contributed by atoms with Gasteiger partial charge in [-0.15, -0.1) is 0 Å². The Morgan fingerprint density at radius 1 is 1.28 bits per heavy atom. The second-order valence-corrected chi connectivity index (χ2v) is 4.00. The molecule has 0 amide bonds. The number of alkyl halides is 3. The van der Waals surface area contributed by atoms with Crippen LogP contribution in [0.4, 0.5) is 24.7 Å². The van der Waals surface area contributed by atoms with Crippen molar-refractivity contribution in [2.75, 3.05) is 24.2 Å². The highest BCUT2D eigenvalue weighted by molar-refractivity contribution is 6.32. The Labute approximate surface area is 108 Å². The average Bonchev–Trinajstić information content (AvgIpc) is 2.27. The van der Waals surface area contributed by atoms with Crippen molar-refractivity contribution in [2.24, 2.45) is 0 Å². The van der Waals surface area contributed by atoms with Crippen molar-refractivity contribution >= 4 is 23.1 Å². The Morgan fingerprint density at radius 2 is 2.00 bits per heavy atom. The van der Waals surface area contributed by atoms with Gasteiger partial charge in [-0.25, -0.2) is 9.97 Å². The van der Waals surface area contributed by atoms with Gasteiger partial charge in [-0.2, -0.15) is 13.2 Å². The van der Waals surface area contributed by atoms with Gasteiger partial charge in [0.1, 0.15) is 12.0 Å². The molecule has 0 unspecified atom stereocenters. The van der Waals surface area contributed by atoms with Gasteiger partial charge in [0, 0.05) is 20.0 Å². The molecule has 1 aromatic rings. The zero-order valence-corrected chi connectivity index (χ0v) is 10.6. The summed E-state index contributed by atoms with van der Waals surface area (Å²) in [5, 5.41) is 6.02. The Balaban J connectivity index is 2.38. The minimum absolute atomic E-state index is 0.0875. The molecule has 1 aromatic heterocycles. The average molecular weight is 283 g/mol. The van der Waals surface area contributed by atoms with Crippen molar-refractivity contribution in [3.8, 4) is 0 Å². The number of nitrogens with zero attached hydrogens (tertiary/aromatic N) is 2. The number of aromatic nitrogens is 2. The predicted molar refractivity (Wildman–Crippen MR) is 65.0 cm³/mol. The van der Waals surface area contributed by atoms with Gasteiger partial charge in [-0.05, 0) is 12.8 Å². The molecule has 4 nitrogen and oxygen atoms in total. The van der Waals surface area contributed by atoms with E-state index in [1.54, 1.807) is 7.05 Å². The summed E-state index contributed by atoms with van der Waals surface area (Å²) < 4.78 is 35.7. The number of hydrogen-bond donors (Lipinski definition) is 2. The van der Waals surface area contributed by atoms with Crippen molar-refractivity contribution in [1.29, 1.82) is 0 Å². The molecular weight excluding hydrogens is 269 g/mol. The van der Waals surface area contributed by atoms with Crippen molar-refractivity contribution in [3.63, 3.8) is 0 Å². The maximum atomic E-state index is 11.9. The van der Waals surface area contributed by atoms with Crippen molar-refractivity contribution in [1.82, 2.24) is 9.97 Å². The molecule has 0 radical (unpaired) electrons. The lowest BCUT2D eigenvalue weighted by Gasteiger charge is -2.11. The number of hydrogen-bond acceptors (Lipinski definition) is 4. The molecule has 0 saturated carbocycles. The van der Waals surface area contributed by atoms with Crippen LogP contribution in [0, 0.1) is 0 Å². The molecule has 2 N–H and O–H groups in total. The third-order valence-corrected chi connectivity index (χ3v) is 2.52. The number of anilines is 2.